The van der Waals surface area contributed by atoms with Gasteiger partial charge in [-0.2, -0.15) is 0 Å². The Labute approximate surface area is 138 Å². The van der Waals surface area contributed by atoms with Crippen LogP contribution in [0.5, 0.6) is 0 Å². The van der Waals surface area contributed by atoms with Crippen LogP contribution in [0.4, 0.5) is 0 Å². The average Bonchev–Trinajstić information content (AvgIpc) is 2.79. The van der Waals surface area contributed by atoms with Gasteiger partial charge >= 0.3 is 0 Å². The fourth-order valence-corrected chi connectivity index (χ4v) is 5.68. The Bertz CT molecular complexity index is 665. The van der Waals surface area contributed by atoms with Crippen molar-refractivity contribution >= 4 is 5.78 Å². The molecule has 0 aromatic rings. The highest BCUT2D eigenvalue weighted by atomic mass is 16.3. The fraction of sp³-hybridized carbons (Fsp3) is 0.571. The van der Waals surface area contributed by atoms with E-state index in [1.165, 1.54) is 16.7 Å². The quantitative estimate of drug-likeness (QED) is 0.773. The summed E-state index contributed by atoms with van der Waals surface area (Å²) in [7, 11) is 0. The van der Waals surface area contributed by atoms with Crippen molar-refractivity contribution in [2.45, 2.75) is 57.5 Å². The van der Waals surface area contributed by atoms with Crippen molar-refractivity contribution in [1.82, 2.24) is 0 Å². The third-order valence-electron chi connectivity index (χ3n) is 7.04. The van der Waals surface area contributed by atoms with Gasteiger partial charge in [-0.25, -0.2) is 0 Å². The highest BCUT2D eigenvalue weighted by Crippen LogP contribution is 2.61. The summed E-state index contributed by atoms with van der Waals surface area (Å²) in [6.45, 7) is 6.09. The summed E-state index contributed by atoms with van der Waals surface area (Å²) in [5.41, 5.74) is 3.37. The van der Waals surface area contributed by atoms with Crippen molar-refractivity contribution in [2.75, 3.05) is 0 Å². The van der Waals surface area contributed by atoms with Gasteiger partial charge in [-0.1, -0.05) is 25.2 Å². The van der Waals surface area contributed by atoms with E-state index in [-0.39, 0.29) is 11.2 Å². The molecule has 122 valence electrons. The SMILES string of the molecule is C=CCC1(O)CCC2C3CCC4=CC(=O)CCC4=C3C=CC21C. The van der Waals surface area contributed by atoms with Crippen LogP contribution in [0, 0.1) is 17.3 Å². The summed E-state index contributed by atoms with van der Waals surface area (Å²) in [6, 6.07) is 0. The molecular formula is C21H26O2. The maximum absolute atomic E-state index is 11.7. The Kier molecular flexibility index (Phi) is 3.32. The van der Waals surface area contributed by atoms with Crippen LogP contribution >= 0.6 is 0 Å². The van der Waals surface area contributed by atoms with E-state index >= 15 is 0 Å². The van der Waals surface area contributed by atoms with Gasteiger partial charge < -0.3 is 5.11 Å². The third-order valence-corrected chi connectivity index (χ3v) is 7.04. The maximum atomic E-state index is 11.7. The van der Waals surface area contributed by atoms with Crippen molar-refractivity contribution in [3.05, 3.63) is 47.6 Å². The van der Waals surface area contributed by atoms with E-state index < -0.39 is 5.60 Å². The van der Waals surface area contributed by atoms with Gasteiger partial charge in [0.2, 0.25) is 0 Å². The molecule has 4 atom stereocenters. The van der Waals surface area contributed by atoms with E-state index in [4.69, 9.17) is 0 Å². The number of fused-ring (bicyclic) bond motifs is 4. The van der Waals surface area contributed by atoms with Gasteiger partial charge in [-0.3, -0.25) is 4.79 Å². The van der Waals surface area contributed by atoms with Crippen LogP contribution in [-0.2, 0) is 4.79 Å². The zero-order chi connectivity index (χ0) is 16.2. The Hall–Kier alpha value is -1.41. The molecule has 1 fully saturated rings. The number of allylic oxidation sites excluding steroid dienone is 5. The highest BCUT2D eigenvalue weighted by Gasteiger charge is 2.58. The van der Waals surface area contributed by atoms with Crippen LogP contribution < -0.4 is 0 Å². The number of rotatable bonds is 2. The van der Waals surface area contributed by atoms with E-state index in [2.05, 4.69) is 25.7 Å². The summed E-state index contributed by atoms with van der Waals surface area (Å²) in [4.78, 5) is 11.7. The number of hydrogen-bond acceptors (Lipinski definition) is 2. The predicted octanol–water partition coefficient (Wildman–Crippen LogP) is 4.28. The molecule has 0 amide bonds. The van der Waals surface area contributed by atoms with Crippen molar-refractivity contribution in [3.8, 4) is 0 Å². The molecule has 0 saturated heterocycles. The summed E-state index contributed by atoms with van der Waals surface area (Å²) in [6.07, 6.45) is 14.6. The molecule has 1 N–H and O–H groups in total. The zero-order valence-corrected chi connectivity index (χ0v) is 14.0. The minimum Gasteiger partial charge on any atom is -0.389 e. The minimum atomic E-state index is -0.648. The molecule has 0 radical (unpaired) electrons. The standard InChI is InChI=1S/C21H26O2/c1-3-10-21(23)12-9-19-18-6-4-14-13-15(22)5-7-16(14)17(18)8-11-20(19,21)2/h3,8,11,13,18-19,23H,1,4-7,9-10,12H2,2H3. The van der Waals surface area contributed by atoms with Gasteiger partial charge in [0.1, 0.15) is 0 Å². The van der Waals surface area contributed by atoms with Gasteiger partial charge in [0.25, 0.3) is 0 Å². The number of aliphatic hydroxyl groups is 1. The van der Waals surface area contributed by atoms with E-state index in [0.29, 0.717) is 24.7 Å². The zero-order valence-electron chi connectivity index (χ0n) is 14.0. The minimum absolute atomic E-state index is 0.151. The molecule has 23 heavy (non-hydrogen) atoms. The van der Waals surface area contributed by atoms with E-state index in [0.717, 1.165) is 32.1 Å². The van der Waals surface area contributed by atoms with Gasteiger partial charge in [-0.15, -0.1) is 6.58 Å². The Morgan fingerprint density at radius 1 is 1.35 bits per heavy atom. The second kappa shape index (κ2) is 5.04. The van der Waals surface area contributed by atoms with Crippen LogP contribution in [0.3, 0.4) is 0 Å². The molecule has 0 bridgehead atoms. The second-order valence-electron chi connectivity index (χ2n) is 8.00. The molecule has 4 aliphatic carbocycles. The van der Waals surface area contributed by atoms with Crippen molar-refractivity contribution in [1.29, 1.82) is 0 Å². The maximum Gasteiger partial charge on any atom is 0.156 e. The predicted molar refractivity (Wildman–Crippen MR) is 91.8 cm³/mol. The molecule has 2 nitrogen and oxygen atoms in total. The highest BCUT2D eigenvalue weighted by molar-refractivity contribution is 5.93. The van der Waals surface area contributed by atoms with Gasteiger partial charge in [0.05, 0.1) is 5.60 Å². The van der Waals surface area contributed by atoms with Crippen LogP contribution in [0.2, 0.25) is 0 Å². The molecule has 0 aliphatic heterocycles. The van der Waals surface area contributed by atoms with Crippen molar-refractivity contribution in [2.24, 2.45) is 17.3 Å². The topological polar surface area (TPSA) is 37.3 Å². The fourth-order valence-electron chi connectivity index (χ4n) is 5.68. The van der Waals surface area contributed by atoms with Crippen LogP contribution in [0.1, 0.15) is 51.9 Å². The molecule has 4 unspecified atom stereocenters. The normalized spacial score (nSPS) is 42.0. The Balaban J connectivity index is 1.79. The monoisotopic (exact) mass is 310 g/mol. The number of carbonyl (C=O) groups excluding carboxylic acids is 1. The summed E-state index contributed by atoms with van der Waals surface area (Å²) < 4.78 is 0. The molecule has 4 rings (SSSR count). The molecule has 0 heterocycles. The molecule has 4 aliphatic rings. The largest absolute Gasteiger partial charge is 0.389 e. The first-order valence-corrected chi connectivity index (χ1v) is 8.98. The summed E-state index contributed by atoms with van der Waals surface area (Å²) >= 11 is 0. The first-order chi connectivity index (χ1) is 11.0. The molecule has 1 saturated carbocycles. The smallest absolute Gasteiger partial charge is 0.156 e. The molecular weight excluding hydrogens is 284 g/mol. The molecule has 2 heteroatoms. The summed E-state index contributed by atoms with van der Waals surface area (Å²) in [5.74, 6) is 1.34. The summed E-state index contributed by atoms with van der Waals surface area (Å²) in [5, 5.41) is 11.2. The van der Waals surface area contributed by atoms with E-state index in [1.807, 2.05) is 12.2 Å². The van der Waals surface area contributed by atoms with E-state index in [1.54, 1.807) is 0 Å². The lowest BCUT2D eigenvalue weighted by molar-refractivity contribution is -0.114. The third kappa shape index (κ3) is 2.00. The van der Waals surface area contributed by atoms with Crippen molar-refractivity contribution < 1.29 is 9.90 Å². The number of ketones is 1. The van der Waals surface area contributed by atoms with Crippen LogP contribution in [-0.4, -0.2) is 16.5 Å². The Morgan fingerprint density at radius 3 is 2.96 bits per heavy atom. The first kappa shape index (κ1) is 15.1. The lowest BCUT2D eigenvalue weighted by Crippen LogP contribution is -2.47. The van der Waals surface area contributed by atoms with Gasteiger partial charge in [0.15, 0.2) is 5.78 Å². The average molecular weight is 310 g/mol. The second-order valence-corrected chi connectivity index (χ2v) is 8.00. The first-order valence-electron chi connectivity index (χ1n) is 8.98. The van der Waals surface area contributed by atoms with E-state index in [9.17, 15) is 9.90 Å². The molecule has 0 aromatic carbocycles. The van der Waals surface area contributed by atoms with Gasteiger partial charge in [-0.05, 0) is 73.2 Å². The Morgan fingerprint density at radius 2 is 2.17 bits per heavy atom. The molecule has 0 aromatic heterocycles. The lowest BCUT2D eigenvalue weighted by atomic mass is 9.58. The van der Waals surface area contributed by atoms with Crippen molar-refractivity contribution in [3.63, 3.8) is 0 Å². The molecule has 0 spiro atoms. The lowest BCUT2D eigenvalue weighted by Gasteiger charge is -2.48. The van der Waals surface area contributed by atoms with Gasteiger partial charge in [0, 0.05) is 11.8 Å². The number of carbonyl (C=O) groups is 1. The van der Waals surface area contributed by atoms with Crippen LogP contribution in [0.15, 0.2) is 47.6 Å². The van der Waals surface area contributed by atoms with Crippen LogP contribution in [0.25, 0.3) is 0 Å². The number of hydrogen-bond donors (Lipinski definition) is 1.